The molecular weight excluding hydrogens is 365 g/mol. The molecule has 0 N–H and O–H groups in total. The predicted molar refractivity (Wildman–Crippen MR) is 87.1 cm³/mol. The number of hydrogen-bond acceptors (Lipinski definition) is 6. The summed E-state index contributed by atoms with van der Waals surface area (Å²) < 4.78 is 47.7. The molecule has 0 spiro atoms. The van der Waals surface area contributed by atoms with E-state index in [1.165, 1.54) is 42.3 Å². The predicted octanol–water partition coefficient (Wildman–Crippen LogP) is 3.86. The Bertz CT molecular complexity index is 986. The fourth-order valence-corrected chi connectivity index (χ4v) is 2.34. The minimum Gasteiger partial charge on any atom is -0.439 e. The number of ketones is 1. The van der Waals surface area contributed by atoms with Gasteiger partial charge in [0.05, 0.1) is 17.5 Å². The van der Waals surface area contributed by atoms with E-state index in [2.05, 4.69) is 19.8 Å². The highest BCUT2D eigenvalue weighted by molar-refractivity contribution is 5.94. The molecule has 0 fully saturated rings. The van der Waals surface area contributed by atoms with Crippen molar-refractivity contribution in [1.29, 1.82) is 0 Å². The second-order valence-electron chi connectivity index (χ2n) is 5.45. The van der Waals surface area contributed by atoms with Crippen molar-refractivity contribution in [1.82, 2.24) is 19.7 Å². The van der Waals surface area contributed by atoms with Crippen LogP contribution in [0.25, 0.3) is 5.82 Å². The molecule has 7 nitrogen and oxygen atoms in total. The van der Waals surface area contributed by atoms with Crippen molar-refractivity contribution >= 4 is 5.78 Å². The lowest BCUT2D eigenvalue weighted by atomic mass is 10.2. The number of hydrogen-bond donors (Lipinski definition) is 0. The first-order chi connectivity index (χ1) is 12.7. The van der Waals surface area contributed by atoms with E-state index >= 15 is 0 Å². The topological polar surface area (TPSA) is 79.1 Å². The lowest BCUT2D eigenvalue weighted by Gasteiger charge is -2.11. The van der Waals surface area contributed by atoms with Gasteiger partial charge in [-0.3, -0.25) is 4.79 Å². The summed E-state index contributed by atoms with van der Waals surface area (Å²) in [5.74, 6) is -0.0202. The number of carbonyl (C=O) groups excluding carboxylic acids is 1. The second kappa shape index (κ2) is 7.06. The van der Waals surface area contributed by atoms with E-state index in [9.17, 15) is 18.0 Å². The number of alkyl halides is 3. The number of Topliss-reactive ketones (excluding diaryl/α,β-unsaturated/α-hetero) is 1. The first-order valence-electron chi connectivity index (χ1n) is 7.64. The number of benzene rings is 1. The van der Waals surface area contributed by atoms with Gasteiger partial charge in [0.25, 0.3) is 0 Å². The van der Waals surface area contributed by atoms with Crippen molar-refractivity contribution in [3.05, 3.63) is 54.1 Å². The number of ether oxygens (including phenoxy) is 2. The Hall–Kier alpha value is -3.43. The van der Waals surface area contributed by atoms with Crippen molar-refractivity contribution in [2.24, 2.45) is 0 Å². The third-order valence-corrected chi connectivity index (χ3v) is 3.50. The van der Waals surface area contributed by atoms with E-state index in [0.717, 1.165) is 12.1 Å². The van der Waals surface area contributed by atoms with Crippen molar-refractivity contribution in [3.8, 4) is 23.2 Å². The molecule has 0 saturated heterocycles. The molecule has 1 aromatic carbocycles. The highest BCUT2D eigenvalue weighted by Gasteiger charge is 2.31. The summed E-state index contributed by atoms with van der Waals surface area (Å²) in [5, 5.41) is 4.11. The molecule has 3 rings (SSSR count). The van der Waals surface area contributed by atoms with Gasteiger partial charge in [-0.25, -0.2) is 14.6 Å². The minimum absolute atomic E-state index is 0.0865. The lowest BCUT2D eigenvalue weighted by Crippen LogP contribution is -2.17. The van der Waals surface area contributed by atoms with Gasteiger partial charge in [0.1, 0.15) is 17.8 Å². The SMILES string of the molecule is CC(=O)c1cnn(-c2cc(Oc3cccc(OC(F)(F)F)c3)ncn2)c1C. The summed E-state index contributed by atoms with van der Waals surface area (Å²) in [6.45, 7) is 3.14. The molecule has 0 bridgehead atoms. The number of carbonyl (C=O) groups is 1. The van der Waals surface area contributed by atoms with Crippen LogP contribution in [0.3, 0.4) is 0 Å². The number of nitrogens with zero attached hydrogens (tertiary/aromatic N) is 4. The largest absolute Gasteiger partial charge is 0.573 e. The molecule has 0 atom stereocenters. The summed E-state index contributed by atoms with van der Waals surface area (Å²) in [6.07, 6.45) is -2.15. The van der Waals surface area contributed by atoms with Gasteiger partial charge in [0, 0.05) is 12.1 Å². The Morgan fingerprint density at radius 2 is 1.89 bits per heavy atom. The maximum atomic E-state index is 12.3. The molecule has 0 amide bonds. The summed E-state index contributed by atoms with van der Waals surface area (Å²) in [6, 6.07) is 6.50. The summed E-state index contributed by atoms with van der Waals surface area (Å²) in [7, 11) is 0. The number of halogens is 3. The van der Waals surface area contributed by atoms with Crippen molar-refractivity contribution < 1.29 is 27.4 Å². The lowest BCUT2D eigenvalue weighted by molar-refractivity contribution is -0.274. The average molecular weight is 378 g/mol. The van der Waals surface area contributed by atoms with Crippen LogP contribution in [-0.4, -0.2) is 31.9 Å². The fraction of sp³-hybridized carbons (Fsp3) is 0.176. The van der Waals surface area contributed by atoms with Crippen LogP contribution in [0.4, 0.5) is 13.2 Å². The normalized spacial score (nSPS) is 11.3. The zero-order valence-corrected chi connectivity index (χ0v) is 14.2. The van der Waals surface area contributed by atoms with E-state index in [4.69, 9.17) is 4.74 Å². The summed E-state index contributed by atoms with van der Waals surface area (Å²) >= 11 is 0. The standard InChI is InChI=1S/C17H13F3N4O3/c1-10-14(11(2)25)8-23-24(10)15-7-16(22-9-21-15)26-12-4-3-5-13(6-12)27-17(18,19)20/h3-9H,1-2H3. The van der Waals surface area contributed by atoms with Gasteiger partial charge in [-0.15, -0.1) is 13.2 Å². The van der Waals surface area contributed by atoms with Crippen LogP contribution in [0.2, 0.25) is 0 Å². The maximum Gasteiger partial charge on any atom is 0.573 e. The van der Waals surface area contributed by atoms with E-state index in [1.807, 2.05) is 0 Å². The van der Waals surface area contributed by atoms with Gasteiger partial charge in [-0.2, -0.15) is 5.10 Å². The Kier molecular flexibility index (Phi) is 4.80. The van der Waals surface area contributed by atoms with Gasteiger partial charge >= 0.3 is 6.36 Å². The maximum absolute atomic E-state index is 12.3. The van der Waals surface area contributed by atoms with Crippen molar-refractivity contribution in [2.75, 3.05) is 0 Å². The molecule has 0 radical (unpaired) electrons. The summed E-state index contributed by atoms with van der Waals surface area (Å²) in [4.78, 5) is 19.6. The number of rotatable bonds is 5. The molecule has 0 aliphatic carbocycles. The zero-order valence-electron chi connectivity index (χ0n) is 14.2. The molecule has 0 aliphatic rings. The van der Waals surface area contributed by atoms with E-state index < -0.39 is 12.1 Å². The van der Waals surface area contributed by atoms with Crippen LogP contribution in [0.5, 0.6) is 17.4 Å². The summed E-state index contributed by atoms with van der Waals surface area (Å²) in [5.41, 5.74) is 1.04. The molecule has 27 heavy (non-hydrogen) atoms. The van der Waals surface area contributed by atoms with Crippen LogP contribution >= 0.6 is 0 Å². The molecule has 3 aromatic rings. The van der Waals surface area contributed by atoms with E-state index in [0.29, 0.717) is 17.1 Å². The Morgan fingerprint density at radius 1 is 1.15 bits per heavy atom. The molecule has 2 heterocycles. The molecular formula is C17H13F3N4O3. The molecule has 0 saturated carbocycles. The number of aromatic nitrogens is 4. The molecule has 2 aromatic heterocycles. The monoisotopic (exact) mass is 378 g/mol. The first-order valence-corrected chi connectivity index (χ1v) is 7.64. The van der Waals surface area contributed by atoms with Crippen LogP contribution in [0.15, 0.2) is 42.9 Å². The smallest absolute Gasteiger partial charge is 0.439 e. The van der Waals surface area contributed by atoms with Crippen molar-refractivity contribution in [2.45, 2.75) is 20.2 Å². The van der Waals surface area contributed by atoms with Crippen molar-refractivity contribution in [3.63, 3.8) is 0 Å². The molecule has 10 heteroatoms. The molecule has 0 aliphatic heterocycles. The minimum atomic E-state index is -4.80. The molecule has 140 valence electrons. The highest BCUT2D eigenvalue weighted by Crippen LogP contribution is 2.28. The zero-order chi connectivity index (χ0) is 19.6. The van der Waals surface area contributed by atoms with E-state index in [-0.39, 0.29) is 17.4 Å². The fourth-order valence-electron chi connectivity index (χ4n) is 2.34. The third-order valence-electron chi connectivity index (χ3n) is 3.50. The first kappa shape index (κ1) is 18.4. The molecule has 0 unspecified atom stereocenters. The van der Waals surface area contributed by atoms with Gasteiger partial charge in [0.2, 0.25) is 5.88 Å². The van der Waals surface area contributed by atoms with Gasteiger partial charge in [-0.05, 0) is 26.0 Å². The average Bonchev–Trinajstić information content (AvgIpc) is 2.95. The third kappa shape index (κ3) is 4.40. The van der Waals surface area contributed by atoms with Gasteiger partial charge in [-0.1, -0.05) is 6.07 Å². The quantitative estimate of drug-likeness (QED) is 0.627. The van der Waals surface area contributed by atoms with Crippen LogP contribution in [0, 0.1) is 6.92 Å². The Balaban J connectivity index is 1.85. The van der Waals surface area contributed by atoms with E-state index in [1.54, 1.807) is 6.92 Å². The Morgan fingerprint density at radius 3 is 2.56 bits per heavy atom. The van der Waals surface area contributed by atoms with Gasteiger partial charge in [0.15, 0.2) is 11.6 Å². The van der Waals surface area contributed by atoms with Crippen LogP contribution in [0.1, 0.15) is 23.0 Å². The Labute approximate surface area is 151 Å². The second-order valence-corrected chi connectivity index (χ2v) is 5.45. The highest BCUT2D eigenvalue weighted by atomic mass is 19.4. The van der Waals surface area contributed by atoms with Crippen LogP contribution < -0.4 is 9.47 Å². The van der Waals surface area contributed by atoms with Crippen LogP contribution in [-0.2, 0) is 0 Å². The van der Waals surface area contributed by atoms with Gasteiger partial charge < -0.3 is 9.47 Å².